The van der Waals surface area contributed by atoms with Crippen LogP contribution in [-0.4, -0.2) is 98.3 Å². The molecular weight excluding hydrogens is 326 g/mol. The van der Waals surface area contributed by atoms with Gasteiger partial charge in [0.15, 0.2) is 0 Å². The van der Waals surface area contributed by atoms with Gasteiger partial charge in [-0.05, 0) is 6.92 Å². The SMILES string of the molecule is CC(=O)C[C@@H](C(=O)O)N(C)C(=O)C[C@H]1O[C@H](CO)[C@H](O)[C@H](O)[C@H]1O. The average Bonchev–Trinajstić information content (AvgIpc) is 2.51. The van der Waals surface area contributed by atoms with Crippen molar-refractivity contribution in [2.75, 3.05) is 13.7 Å². The molecule has 0 bridgehead atoms. The van der Waals surface area contributed by atoms with E-state index in [1.165, 1.54) is 14.0 Å². The summed E-state index contributed by atoms with van der Waals surface area (Å²) >= 11 is 0. The summed E-state index contributed by atoms with van der Waals surface area (Å²) < 4.78 is 5.20. The topological polar surface area (TPSA) is 165 Å². The second kappa shape index (κ2) is 8.49. The monoisotopic (exact) mass is 349 g/mol. The Labute approximate surface area is 138 Å². The third-order valence-electron chi connectivity index (χ3n) is 3.99. The van der Waals surface area contributed by atoms with Crippen LogP contribution in [-0.2, 0) is 19.1 Å². The Morgan fingerprint density at radius 3 is 2.08 bits per heavy atom. The molecule has 0 aliphatic carbocycles. The maximum Gasteiger partial charge on any atom is 0.326 e. The van der Waals surface area contributed by atoms with Gasteiger partial charge in [-0.2, -0.15) is 0 Å². The van der Waals surface area contributed by atoms with Gasteiger partial charge in [-0.1, -0.05) is 0 Å². The second-order valence-corrected chi connectivity index (χ2v) is 5.84. The van der Waals surface area contributed by atoms with Crippen molar-refractivity contribution in [3.8, 4) is 0 Å². The van der Waals surface area contributed by atoms with Gasteiger partial charge in [0.1, 0.15) is 36.2 Å². The van der Waals surface area contributed by atoms with Gasteiger partial charge in [0.2, 0.25) is 5.91 Å². The first-order valence-corrected chi connectivity index (χ1v) is 7.38. The fraction of sp³-hybridized carbons (Fsp3) is 0.786. The lowest BCUT2D eigenvalue weighted by molar-refractivity contribution is -0.230. The third-order valence-corrected chi connectivity index (χ3v) is 3.99. The first-order valence-electron chi connectivity index (χ1n) is 7.38. The molecule has 138 valence electrons. The number of aliphatic carboxylic acids is 1. The number of Topliss-reactive ketones (excluding diaryl/α,β-unsaturated/α-hetero) is 1. The molecule has 0 spiro atoms. The lowest BCUT2D eigenvalue weighted by atomic mass is 9.93. The Morgan fingerprint density at radius 2 is 1.62 bits per heavy atom. The molecule has 0 aromatic rings. The number of aliphatic hydroxyl groups is 4. The van der Waals surface area contributed by atoms with Crippen molar-refractivity contribution in [2.24, 2.45) is 0 Å². The van der Waals surface area contributed by atoms with Gasteiger partial charge in [-0.25, -0.2) is 4.79 Å². The van der Waals surface area contributed by atoms with Gasteiger partial charge < -0.3 is 35.2 Å². The molecule has 1 saturated heterocycles. The molecule has 5 N–H and O–H groups in total. The molecular formula is C14H23NO9. The number of hydrogen-bond acceptors (Lipinski definition) is 8. The number of carboxylic acid groups (broad SMARTS) is 1. The van der Waals surface area contributed by atoms with Crippen LogP contribution in [0, 0.1) is 0 Å². The summed E-state index contributed by atoms with van der Waals surface area (Å²) in [7, 11) is 1.20. The number of likely N-dealkylation sites (N-methyl/N-ethyl adjacent to an activating group) is 1. The van der Waals surface area contributed by atoms with E-state index in [-0.39, 0.29) is 6.42 Å². The van der Waals surface area contributed by atoms with E-state index >= 15 is 0 Å². The smallest absolute Gasteiger partial charge is 0.326 e. The van der Waals surface area contributed by atoms with Crippen molar-refractivity contribution in [2.45, 2.75) is 56.3 Å². The van der Waals surface area contributed by atoms with Crippen molar-refractivity contribution in [1.29, 1.82) is 0 Å². The van der Waals surface area contributed by atoms with Gasteiger partial charge in [0.05, 0.1) is 19.1 Å². The van der Waals surface area contributed by atoms with E-state index in [4.69, 9.17) is 14.9 Å². The van der Waals surface area contributed by atoms with Crippen molar-refractivity contribution >= 4 is 17.7 Å². The molecule has 1 aliphatic heterocycles. The molecule has 1 amide bonds. The van der Waals surface area contributed by atoms with E-state index < -0.39 is 67.2 Å². The Kier molecular flexibility index (Phi) is 7.24. The fourth-order valence-corrected chi connectivity index (χ4v) is 2.50. The molecule has 24 heavy (non-hydrogen) atoms. The molecule has 1 aliphatic rings. The summed E-state index contributed by atoms with van der Waals surface area (Å²) in [5.74, 6) is -2.49. The van der Waals surface area contributed by atoms with Gasteiger partial charge in [0, 0.05) is 13.5 Å². The van der Waals surface area contributed by atoms with Crippen molar-refractivity contribution in [3.63, 3.8) is 0 Å². The van der Waals surface area contributed by atoms with Gasteiger partial charge in [-0.3, -0.25) is 9.59 Å². The second-order valence-electron chi connectivity index (χ2n) is 5.84. The van der Waals surface area contributed by atoms with Crippen molar-refractivity contribution < 1.29 is 44.7 Å². The van der Waals surface area contributed by atoms with Crippen LogP contribution < -0.4 is 0 Å². The fourth-order valence-electron chi connectivity index (χ4n) is 2.50. The summed E-state index contributed by atoms with van der Waals surface area (Å²) in [6.45, 7) is 0.569. The van der Waals surface area contributed by atoms with Crippen LogP contribution in [0.15, 0.2) is 0 Å². The quantitative estimate of drug-likeness (QED) is 0.324. The molecule has 1 fully saturated rings. The molecule has 0 aromatic carbocycles. The number of carbonyl (C=O) groups excluding carboxylic acids is 2. The Hall–Kier alpha value is -1.59. The number of amides is 1. The Bertz CT molecular complexity index is 481. The van der Waals surface area contributed by atoms with Gasteiger partial charge in [0.25, 0.3) is 0 Å². The molecule has 10 nitrogen and oxygen atoms in total. The molecule has 1 heterocycles. The molecule has 0 aromatic heterocycles. The van der Waals surface area contributed by atoms with Gasteiger partial charge in [-0.15, -0.1) is 0 Å². The first kappa shape index (κ1) is 20.5. The largest absolute Gasteiger partial charge is 0.480 e. The minimum absolute atomic E-state index is 0.369. The maximum absolute atomic E-state index is 12.2. The van der Waals surface area contributed by atoms with Crippen LogP contribution in [0.3, 0.4) is 0 Å². The number of carboxylic acids is 1. The van der Waals surface area contributed by atoms with Crippen molar-refractivity contribution in [1.82, 2.24) is 4.90 Å². The normalized spacial score (nSPS) is 31.3. The number of rotatable bonds is 7. The highest BCUT2D eigenvalue weighted by Crippen LogP contribution is 2.24. The van der Waals surface area contributed by atoms with E-state index in [9.17, 15) is 29.7 Å². The minimum atomic E-state index is -1.62. The molecule has 6 atom stereocenters. The van der Waals surface area contributed by atoms with E-state index in [0.29, 0.717) is 0 Å². The number of ketones is 1. The van der Waals surface area contributed by atoms with Gasteiger partial charge >= 0.3 is 5.97 Å². The average molecular weight is 349 g/mol. The summed E-state index contributed by atoms with van der Waals surface area (Å²) in [6, 6.07) is -1.36. The number of aliphatic hydroxyl groups excluding tert-OH is 4. The Balaban J connectivity index is 2.80. The highest BCUT2D eigenvalue weighted by molar-refractivity contribution is 5.88. The summed E-state index contributed by atoms with van der Waals surface area (Å²) in [4.78, 5) is 35.4. The predicted octanol–water partition coefficient (Wildman–Crippen LogP) is -2.89. The molecule has 0 unspecified atom stereocenters. The van der Waals surface area contributed by atoms with Crippen LogP contribution in [0.25, 0.3) is 0 Å². The molecule has 10 heteroatoms. The van der Waals surface area contributed by atoms with Crippen molar-refractivity contribution in [3.05, 3.63) is 0 Å². The first-order chi connectivity index (χ1) is 11.1. The van der Waals surface area contributed by atoms with E-state index in [2.05, 4.69) is 0 Å². The van der Waals surface area contributed by atoms with Crippen LogP contribution >= 0.6 is 0 Å². The molecule has 0 radical (unpaired) electrons. The predicted molar refractivity (Wildman–Crippen MR) is 77.9 cm³/mol. The minimum Gasteiger partial charge on any atom is -0.480 e. The lowest BCUT2D eigenvalue weighted by Gasteiger charge is -2.40. The van der Waals surface area contributed by atoms with E-state index in [0.717, 1.165) is 4.90 Å². The van der Waals surface area contributed by atoms with Crippen LogP contribution in [0.4, 0.5) is 0 Å². The zero-order valence-electron chi connectivity index (χ0n) is 13.4. The summed E-state index contributed by atoms with van der Waals surface area (Å²) in [6.07, 6.45) is -7.99. The number of carbonyl (C=O) groups is 3. The number of hydrogen-bond donors (Lipinski definition) is 5. The summed E-state index contributed by atoms with van der Waals surface area (Å²) in [5, 5.41) is 47.5. The lowest BCUT2D eigenvalue weighted by Crippen LogP contribution is -2.59. The van der Waals surface area contributed by atoms with Crippen LogP contribution in [0.1, 0.15) is 19.8 Å². The highest BCUT2D eigenvalue weighted by Gasteiger charge is 2.44. The maximum atomic E-state index is 12.2. The van der Waals surface area contributed by atoms with E-state index in [1.54, 1.807) is 0 Å². The van der Waals surface area contributed by atoms with E-state index in [1.807, 2.05) is 0 Å². The van der Waals surface area contributed by atoms with Crippen LogP contribution in [0.5, 0.6) is 0 Å². The molecule has 0 saturated carbocycles. The molecule has 1 rings (SSSR count). The number of ether oxygens (including phenoxy) is 1. The zero-order chi connectivity index (χ0) is 18.6. The Morgan fingerprint density at radius 1 is 1.08 bits per heavy atom. The third kappa shape index (κ3) is 4.71. The zero-order valence-corrected chi connectivity index (χ0v) is 13.4. The van der Waals surface area contributed by atoms with Crippen LogP contribution in [0.2, 0.25) is 0 Å². The standard InChI is InChI=1S/C14H23NO9/c1-6(17)3-7(14(22)23)15(2)10(18)4-8-11(19)13(21)12(20)9(5-16)24-8/h7-9,11-13,16,19-21H,3-5H2,1-2H3,(H,22,23)/t7-,8+,9+,11-,12-,13+/m0/s1. The highest BCUT2D eigenvalue weighted by atomic mass is 16.5. The number of nitrogens with zero attached hydrogens (tertiary/aromatic N) is 1. The summed E-state index contributed by atoms with van der Waals surface area (Å²) in [5.41, 5.74) is 0.